The normalized spacial score (nSPS) is 23.3. The highest BCUT2D eigenvalue weighted by Crippen LogP contribution is 2.44. The number of nitrogens with zero attached hydrogens (tertiary/aromatic N) is 12. The number of phenolic OH excluding ortho intramolecular Hbond substituents is 2. The Morgan fingerprint density at radius 2 is 1.22 bits per heavy atom. The maximum atomic E-state index is 12.3. The molecule has 6 aliphatic rings. The van der Waals surface area contributed by atoms with Gasteiger partial charge in [0, 0.05) is 117 Å². The van der Waals surface area contributed by atoms with E-state index in [4.69, 9.17) is 16.5 Å². The van der Waals surface area contributed by atoms with Crippen LogP contribution in [0, 0.1) is 35.0 Å². The van der Waals surface area contributed by atoms with Gasteiger partial charge in [-0.2, -0.15) is 0 Å². The zero-order valence-electron chi connectivity index (χ0n) is 43.3. The lowest BCUT2D eigenvalue weighted by Gasteiger charge is -2.48. The highest BCUT2D eigenvalue weighted by Gasteiger charge is 2.43. The highest BCUT2D eigenvalue weighted by molar-refractivity contribution is 5.77. The van der Waals surface area contributed by atoms with E-state index in [1.54, 1.807) is 12.1 Å². The first-order valence-electron chi connectivity index (χ1n) is 26.9. The zero-order chi connectivity index (χ0) is 52.1. The summed E-state index contributed by atoms with van der Waals surface area (Å²) in [5.74, 6) is 15.0. The van der Waals surface area contributed by atoms with Gasteiger partial charge in [-0.1, -0.05) is 50.0 Å². The van der Waals surface area contributed by atoms with Crippen molar-refractivity contribution in [1.29, 1.82) is 0 Å². The Hall–Kier alpha value is -7.70. The molecule has 2 aromatic carbocycles. The van der Waals surface area contributed by atoms with Gasteiger partial charge in [0.05, 0.1) is 29.3 Å². The van der Waals surface area contributed by atoms with Gasteiger partial charge in [-0.25, -0.2) is 9.97 Å². The van der Waals surface area contributed by atoms with Crippen LogP contribution in [0.5, 0.6) is 11.5 Å². The molecule has 6 saturated heterocycles. The van der Waals surface area contributed by atoms with Crippen molar-refractivity contribution < 1.29 is 15.3 Å². The molecular weight excluding hydrogens is 953 g/mol. The number of fused-ring (bicyclic) bond motifs is 4. The van der Waals surface area contributed by atoms with Gasteiger partial charge in [0.2, 0.25) is 0 Å². The average molecular weight is 1020 g/mol. The fourth-order valence-electron chi connectivity index (χ4n) is 13.0. The molecule has 0 saturated carbocycles. The van der Waals surface area contributed by atoms with Gasteiger partial charge in [-0.15, -0.1) is 20.4 Å². The Morgan fingerprint density at radius 3 is 1.80 bits per heavy atom. The van der Waals surface area contributed by atoms with E-state index < -0.39 is 6.04 Å². The number of benzene rings is 2. The summed E-state index contributed by atoms with van der Waals surface area (Å²) in [6.07, 6.45) is 10.1. The van der Waals surface area contributed by atoms with Crippen molar-refractivity contribution >= 4 is 34.4 Å². The number of phenols is 2. The zero-order valence-corrected chi connectivity index (χ0v) is 43.3. The van der Waals surface area contributed by atoms with Crippen LogP contribution < -0.4 is 31.1 Å². The topological polar surface area (TPSA) is 210 Å². The number of hydrogen-bond donors (Lipinski definition) is 5. The molecule has 4 bridgehead atoms. The van der Waals surface area contributed by atoms with Gasteiger partial charge >= 0.3 is 0 Å². The molecule has 10 heterocycles. The van der Waals surface area contributed by atoms with E-state index in [1.807, 2.05) is 54.9 Å². The predicted octanol–water partition coefficient (Wildman–Crippen LogP) is 6.17. The summed E-state index contributed by atoms with van der Waals surface area (Å²) < 4.78 is 0. The molecular formula is C59H66N14O3. The number of aliphatic hydroxyl groups excluding tert-OH is 1. The summed E-state index contributed by atoms with van der Waals surface area (Å²) in [7, 11) is 0. The monoisotopic (exact) mass is 1020 g/mol. The molecule has 0 aliphatic carbocycles. The second kappa shape index (κ2) is 20.4. The molecule has 17 heteroatoms. The fraction of sp³-hybridized carbons (Fsp3) is 0.424. The van der Waals surface area contributed by atoms with Crippen LogP contribution in [0.3, 0.4) is 0 Å². The van der Waals surface area contributed by atoms with Crippen molar-refractivity contribution in [1.82, 2.24) is 40.2 Å². The number of aromatic hydroxyl groups is 2. The van der Waals surface area contributed by atoms with Crippen LogP contribution in [-0.4, -0.2) is 145 Å². The minimum Gasteiger partial charge on any atom is -0.507 e. The van der Waals surface area contributed by atoms with E-state index in [0.29, 0.717) is 57.9 Å². The van der Waals surface area contributed by atoms with Crippen molar-refractivity contribution in [2.45, 2.75) is 82.6 Å². The maximum Gasteiger partial charge on any atom is 0.169 e. The van der Waals surface area contributed by atoms with Crippen molar-refractivity contribution in [2.75, 3.05) is 96.6 Å². The summed E-state index contributed by atoms with van der Waals surface area (Å²) >= 11 is 0. The summed E-state index contributed by atoms with van der Waals surface area (Å²) in [6, 6.07) is 25.8. The first-order valence-corrected chi connectivity index (χ1v) is 26.9. The Bertz CT molecular complexity index is 3240. The van der Waals surface area contributed by atoms with E-state index in [-0.39, 0.29) is 47.7 Å². The van der Waals surface area contributed by atoms with Crippen molar-refractivity contribution in [3.8, 4) is 57.7 Å². The number of nitrogens with two attached hydrogens (primary N) is 2. The van der Waals surface area contributed by atoms with E-state index in [2.05, 4.69) is 117 Å². The molecule has 0 spiro atoms. The average Bonchev–Trinajstić information content (AvgIpc) is 3.92. The summed E-state index contributed by atoms with van der Waals surface area (Å²) in [5, 5.41) is 50.2. The number of anilines is 6. The largest absolute Gasteiger partial charge is 0.507 e. The number of rotatable bonds is 10. The van der Waals surface area contributed by atoms with Crippen molar-refractivity contribution in [2.24, 2.45) is 11.3 Å². The first kappa shape index (κ1) is 49.2. The fourth-order valence-corrected chi connectivity index (χ4v) is 13.0. The third-order valence-corrected chi connectivity index (χ3v) is 16.5. The number of likely N-dealkylation sites (tertiary alicyclic amines) is 2. The number of aromatic nitrogens is 6. The molecule has 76 heavy (non-hydrogen) atoms. The standard InChI is InChI=1S/C59H66N14O3/c1-59(2)36-71(37-59)52(19-14-40-27-42(21-23-63-40)73-45-17-18-46(73)32-69(31-45)53-28-50(64-66-57(53)60)47-10-3-4-13-55(47)75)49-12-5-11-48(56(49)76)51-29-54(58(61)67-65-51)70-33-43-15-16-44(34-70)72(43)41-20-22-62-39(26-41)9-7-25-68-24-6-8-38(30-68)35-74/h3-5,10-13,20-23,26-29,38,43-46,52,74-76H,6,8,15-18,24-25,30-37H2,1-2H3,(H2,60,66)(H2,61,67). The predicted molar refractivity (Wildman–Crippen MR) is 297 cm³/mol. The van der Waals surface area contributed by atoms with Crippen LogP contribution >= 0.6 is 0 Å². The lowest BCUT2D eigenvalue weighted by molar-refractivity contribution is 0.0106. The molecule has 6 unspecified atom stereocenters. The molecule has 12 rings (SSSR count). The number of hydrogen-bond acceptors (Lipinski definition) is 17. The van der Waals surface area contributed by atoms with Crippen LogP contribution in [0.1, 0.15) is 75.4 Å². The molecule has 6 aliphatic heterocycles. The van der Waals surface area contributed by atoms with E-state index in [9.17, 15) is 15.3 Å². The summed E-state index contributed by atoms with van der Waals surface area (Å²) in [6.45, 7) is 12.0. The molecule has 0 radical (unpaired) electrons. The van der Waals surface area contributed by atoms with Gasteiger partial charge in [0.25, 0.3) is 0 Å². The number of pyridine rings is 2. The van der Waals surface area contributed by atoms with Crippen LogP contribution in [-0.2, 0) is 0 Å². The summed E-state index contributed by atoms with van der Waals surface area (Å²) in [4.78, 5) is 23.7. The van der Waals surface area contributed by atoms with E-state index >= 15 is 0 Å². The number of nitrogen functional groups attached to an aromatic ring is 2. The molecule has 6 aromatic rings. The van der Waals surface area contributed by atoms with Crippen LogP contribution in [0.15, 0.2) is 91.3 Å². The van der Waals surface area contributed by atoms with Crippen LogP contribution in [0.25, 0.3) is 22.5 Å². The highest BCUT2D eigenvalue weighted by atomic mass is 16.3. The van der Waals surface area contributed by atoms with Gasteiger partial charge < -0.3 is 46.4 Å². The quantitative estimate of drug-likeness (QED) is 0.0972. The SMILES string of the molecule is CC1(C)CN(C(C#Cc2cc(N3C4CCC3CN(c3cc(-c5ccccc5O)nnc3N)C4)ccn2)c2cccc(-c3cc(N4CC5CCC(C4)N5c4ccnc(C#CCN5CCCC(CO)C5)c4)c(N)nn3)c2O)C1. The number of aliphatic hydroxyl groups is 1. The molecule has 4 aromatic heterocycles. The van der Waals surface area contributed by atoms with Gasteiger partial charge in [-0.05, 0) is 123 Å². The Kier molecular flexibility index (Phi) is 13.2. The molecule has 6 fully saturated rings. The summed E-state index contributed by atoms with van der Waals surface area (Å²) in [5.41, 5.74) is 21.5. The van der Waals surface area contributed by atoms with Crippen molar-refractivity contribution in [3.05, 3.63) is 108 Å². The molecule has 7 N–H and O–H groups in total. The second-order valence-electron chi connectivity index (χ2n) is 22.4. The Morgan fingerprint density at radius 1 is 0.658 bits per heavy atom. The van der Waals surface area contributed by atoms with E-state index in [0.717, 1.165) is 119 Å². The molecule has 6 atom stereocenters. The minimum atomic E-state index is -0.404. The Balaban J connectivity index is 0.757. The van der Waals surface area contributed by atoms with Crippen LogP contribution in [0.4, 0.5) is 34.4 Å². The van der Waals surface area contributed by atoms with Crippen molar-refractivity contribution in [3.63, 3.8) is 0 Å². The lowest BCUT2D eigenvalue weighted by atomic mass is 9.82. The third-order valence-electron chi connectivity index (χ3n) is 16.5. The van der Waals surface area contributed by atoms with Gasteiger partial charge in [-0.3, -0.25) is 9.80 Å². The van der Waals surface area contributed by atoms with E-state index in [1.165, 1.54) is 0 Å². The van der Waals surface area contributed by atoms with Gasteiger partial charge in [0.1, 0.15) is 28.9 Å². The first-order chi connectivity index (χ1) is 36.9. The smallest absolute Gasteiger partial charge is 0.169 e. The van der Waals surface area contributed by atoms with Crippen LogP contribution in [0.2, 0.25) is 0 Å². The maximum absolute atomic E-state index is 12.3. The Labute approximate surface area is 444 Å². The second-order valence-corrected chi connectivity index (χ2v) is 22.4. The number of piperazine rings is 2. The number of para-hydroxylation sites is 2. The third kappa shape index (κ3) is 9.75. The molecule has 17 nitrogen and oxygen atoms in total. The number of piperidine rings is 1. The molecule has 0 amide bonds. The molecule has 390 valence electrons. The lowest BCUT2D eigenvalue weighted by Crippen LogP contribution is -2.54. The van der Waals surface area contributed by atoms with Gasteiger partial charge in [0.15, 0.2) is 11.6 Å². The minimum absolute atomic E-state index is 0.113.